The maximum Gasteiger partial charge on any atom is 0.251 e. The predicted octanol–water partition coefficient (Wildman–Crippen LogP) is 4.40. The highest BCUT2D eigenvalue weighted by Gasteiger charge is 2.15. The number of hydrogen-bond donors (Lipinski definition) is 2. The summed E-state index contributed by atoms with van der Waals surface area (Å²) in [6.07, 6.45) is 5.21. The van der Waals surface area contributed by atoms with Gasteiger partial charge in [-0.2, -0.15) is 0 Å². The highest BCUT2D eigenvalue weighted by Crippen LogP contribution is 2.25. The largest absolute Gasteiger partial charge is 0.346 e. The molecular formula is C22H26N2O2. The average molecular weight is 350 g/mol. The minimum absolute atomic E-state index is 0.0648. The quantitative estimate of drug-likeness (QED) is 0.839. The van der Waals surface area contributed by atoms with E-state index in [2.05, 4.69) is 28.8 Å². The number of rotatable bonds is 5. The minimum atomic E-state index is -0.136. The monoisotopic (exact) mass is 350 g/mol. The van der Waals surface area contributed by atoms with Gasteiger partial charge in [-0.1, -0.05) is 31.2 Å². The molecule has 26 heavy (non-hydrogen) atoms. The molecule has 0 aliphatic heterocycles. The van der Waals surface area contributed by atoms with Crippen LogP contribution in [0.2, 0.25) is 0 Å². The molecule has 4 nitrogen and oxygen atoms in total. The molecule has 3 rings (SSSR count). The molecule has 1 atom stereocenters. The number of benzene rings is 2. The Balaban J connectivity index is 1.69. The molecule has 1 aliphatic rings. The minimum Gasteiger partial charge on any atom is -0.346 e. The van der Waals surface area contributed by atoms with Crippen molar-refractivity contribution in [3.05, 3.63) is 64.7 Å². The van der Waals surface area contributed by atoms with Crippen molar-refractivity contribution in [2.24, 2.45) is 0 Å². The Morgan fingerprint density at radius 3 is 2.58 bits per heavy atom. The lowest BCUT2D eigenvalue weighted by Gasteiger charge is -2.20. The molecule has 2 N–H and O–H groups in total. The van der Waals surface area contributed by atoms with Crippen LogP contribution in [0.15, 0.2) is 42.5 Å². The number of aryl methyl sites for hydroxylation is 2. The topological polar surface area (TPSA) is 58.2 Å². The van der Waals surface area contributed by atoms with Gasteiger partial charge in [0.05, 0.1) is 6.04 Å². The Kier molecular flexibility index (Phi) is 5.71. The zero-order chi connectivity index (χ0) is 18.5. The molecule has 0 fully saturated rings. The van der Waals surface area contributed by atoms with Crippen LogP contribution in [0.4, 0.5) is 5.69 Å². The average Bonchev–Trinajstić information content (AvgIpc) is 2.67. The summed E-state index contributed by atoms with van der Waals surface area (Å²) in [6, 6.07) is 13.5. The number of nitrogens with one attached hydrogen (secondary N) is 2. The molecule has 2 aromatic carbocycles. The Hall–Kier alpha value is -2.62. The molecule has 0 bridgehead atoms. The van der Waals surface area contributed by atoms with E-state index in [4.69, 9.17) is 0 Å². The van der Waals surface area contributed by atoms with Crippen LogP contribution in [0.1, 0.15) is 66.2 Å². The molecular weight excluding hydrogens is 324 g/mol. The summed E-state index contributed by atoms with van der Waals surface area (Å²) in [6.45, 7) is 3.80. The van der Waals surface area contributed by atoms with Crippen molar-refractivity contribution in [3.63, 3.8) is 0 Å². The number of anilines is 1. The second-order valence-electron chi connectivity index (χ2n) is 6.91. The zero-order valence-corrected chi connectivity index (χ0v) is 15.5. The van der Waals surface area contributed by atoms with Gasteiger partial charge in [-0.3, -0.25) is 9.59 Å². The summed E-state index contributed by atoms with van der Waals surface area (Å²) in [4.78, 5) is 24.1. The van der Waals surface area contributed by atoms with Crippen molar-refractivity contribution < 1.29 is 9.59 Å². The van der Waals surface area contributed by atoms with Crippen LogP contribution in [0.25, 0.3) is 0 Å². The van der Waals surface area contributed by atoms with E-state index < -0.39 is 0 Å². The number of hydrogen-bond acceptors (Lipinski definition) is 2. The molecule has 136 valence electrons. The first-order valence-electron chi connectivity index (χ1n) is 9.39. The molecule has 0 saturated heterocycles. The van der Waals surface area contributed by atoms with Crippen molar-refractivity contribution in [3.8, 4) is 0 Å². The summed E-state index contributed by atoms with van der Waals surface area (Å²) < 4.78 is 0. The van der Waals surface area contributed by atoms with E-state index in [0.717, 1.165) is 18.4 Å². The van der Waals surface area contributed by atoms with Crippen molar-refractivity contribution in [2.45, 2.75) is 52.0 Å². The Morgan fingerprint density at radius 2 is 1.81 bits per heavy atom. The van der Waals surface area contributed by atoms with Gasteiger partial charge in [-0.25, -0.2) is 0 Å². The van der Waals surface area contributed by atoms with E-state index in [-0.39, 0.29) is 17.9 Å². The lowest BCUT2D eigenvalue weighted by atomic mass is 9.89. The second-order valence-corrected chi connectivity index (χ2v) is 6.91. The smallest absolute Gasteiger partial charge is 0.251 e. The fourth-order valence-electron chi connectivity index (χ4n) is 3.37. The molecule has 0 heterocycles. The Labute approximate surface area is 155 Å². The highest BCUT2D eigenvalue weighted by atomic mass is 16.2. The fourth-order valence-corrected chi connectivity index (χ4v) is 3.37. The number of carbonyl (C=O) groups is 2. The van der Waals surface area contributed by atoms with Gasteiger partial charge in [0, 0.05) is 17.7 Å². The zero-order valence-electron chi connectivity index (χ0n) is 15.5. The van der Waals surface area contributed by atoms with Gasteiger partial charge in [0.25, 0.3) is 5.91 Å². The van der Waals surface area contributed by atoms with E-state index in [9.17, 15) is 9.59 Å². The first kappa shape index (κ1) is 18.2. The van der Waals surface area contributed by atoms with Gasteiger partial charge in [-0.05, 0) is 67.5 Å². The van der Waals surface area contributed by atoms with E-state index >= 15 is 0 Å². The van der Waals surface area contributed by atoms with Crippen LogP contribution in [0.3, 0.4) is 0 Å². The summed E-state index contributed by atoms with van der Waals surface area (Å²) >= 11 is 0. The first-order chi connectivity index (χ1) is 12.6. The van der Waals surface area contributed by atoms with Crippen LogP contribution in [0, 0.1) is 0 Å². The van der Waals surface area contributed by atoms with Gasteiger partial charge >= 0.3 is 0 Å². The number of fused-ring (bicyclic) bond motifs is 1. The van der Waals surface area contributed by atoms with Crippen LogP contribution in [-0.2, 0) is 17.6 Å². The summed E-state index contributed by atoms with van der Waals surface area (Å²) in [7, 11) is 0. The second kappa shape index (κ2) is 8.17. The first-order valence-corrected chi connectivity index (χ1v) is 9.39. The molecule has 1 aliphatic carbocycles. The molecule has 2 amide bonds. The SMILES string of the molecule is CCC(=O)Nc1cccc(C(=O)NC(C)c2ccc3c(c2)CCCC3)c1. The molecule has 1 unspecified atom stereocenters. The van der Waals surface area contributed by atoms with Crippen molar-refractivity contribution in [1.29, 1.82) is 0 Å². The lowest BCUT2D eigenvalue weighted by Crippen LogP contribution is -2.27. The molecule has 2 aromatic rings. The molecule has 0 radical (unpaired) electrons. The van der Waals surface area contributed by atoms with Crippen molar-refractivity contribution in [1.82, 2.24) is 5.32 Å². The van der Waals surface area contributed by atoms with Crippen LogP contribution >= 0.6 is 0 Å². The van der Waals surface area contributed by atoms with Crippen LogP contribution < -0.4 is 10.6 Å². The van der Waals surface area contributed by atoms with E-state index in [1.165, 1.54) is 24.0 Å². The molecule has 0 aromatic heterocycles. The van der Waals surface area contributed by atoms with Crippen LogP contribution in [0.5, 0.6) is 0 Å². The molecule has 0 saturated carbocycles. The fraction of sp³-hybridized carbons (Fsp3) is 0.364. The van der Waals surface area contributed by atoms with E-state index in [0.29, 0.717) is 17.7 Å². The normalized spacial score (nSPS) is 14.2. The molecule has 0 spiro atoms. The van der Waals surface area contributed by atoms with E-state index in [1.54, 1.807) is 31.2 Å². The summed E-state index contributed by atoms with van der Waals surface area (Å²) in [5, 5.41) is 5.85. The van der Waals surface area contributed by atoms with Crippen molar-refractivity contribution in [2.75, 3.05) is 5.32 Å². The third-order valence-corrected chi connectivity index (χ3v) is 4.95. The van der Waals surface area contributed by atoms with Gasteiger partial charge < -0.3 is 10.6 Å². The number of carbonyl (C=O) groups excluding carboxylic acids is 2. The van der Waals surface area contributed by atoms with Crippen LogP contribution in [-0.4, -0.2) is 11.8 Å². The third kappa shape index (κ3) is 4.31. The molecule has 4 heteroatoms. The summed E-state index contributed by atoms with van der Waals surface area (Å²) in [5.74, 6) is -0.201. The van der Waals surface area contributed by atoms with Crippen molar-refractivity contribution >= 4 is 17.5 Å². The van der Waals surface area contributed by atoms with Gasteiger partial charge in [0.15, 0.2) is 0 Å². The van der Waals surface area contributed by atoms with E-state index in [1.807, 2.05) is 6.92 Å². The standard InChI is InChI=1S/C22H26N2O2/c1-3-21(25)24-20-10-6-9-19(14-20)22(26)23-15(2)17-12-11-16-7-4-5-8-18(16)13-17/h6,9-15H,3-5,7-8H2,1-2H3,(H,23,26)(H,24,25). The third-order valence-electron chi connectivity index (χ3n) is 4.95. The Morgan fingerprint density at radius 1 is 1.04 bits per heavy atom. The number of amides is 2. The van der Waals surface area contributed by atoms with Gasteiger partial charge in [-0.15, -0.1) is 0 Å². The van der Waals surface area contributed by atoms with Gasteiger partial charge in [0.1, 0.15) is 0 Å². The van der Waals surface area contributed by atoms with Gasteiger partial charge in [0.2, 0.25) is 5.91 Å². The maximum atomic E-state index is 12.6. The highest BCUT2D eigenvalue weighted by molar-refractivity contribution is 5.97. The lowest BCUT2D eigenvalue weighted by molar-refractivity contribution is -0.115. The predicted molar refractivity (Wildman–Crippen MR) is 104 cm³/mol. The summed E-state index contributed by atoms with van der Waals surface area (Å²) in [5.41, 5.74) is 5.18. The Bertz CT molecular complexity index is 814. The maximum absolute atomic E-state index is 12.6.